The molecule has 0 radical (unpaired) electrons. The van der Waals surface area contributed by atoms with Gasteiger partial charge in [-0.1, -0.05) is 0 Å². The molecular weight excluding hydrogens is 172 g/mol. The van der Waals surface area contributed by atoms with Gasteiger partial charge in [-0.05, 0) is 27.7 Å². The third-order valence-electron chi connectivity index (χ3n) is 4.51. The number of hydrogen-bond donors (Lipinski definition) is 0. The van der Waals surface area contributed by atoms with Crippen LogP contribution in [0, 0.1) is 0 Å². The van der Waals surface area contributed by atoms with Crippen LogP contribution in [-0.4, -0.2) is 53.7 Å². The van der Waals surface area contributed by atoms with Crippen LogP contribution in [0.25, 0.3) is 0 Å². The topological polar surface area (TPSA) is 3.24 Å². The fourth-order valence-electron chi connectivity index (χ4n) is 3.39. The van der Waals surface area contributed by atoms with Crippen LogP contribution >= 0.6 is 0 Å². The van der Waals surface area contributed by atoms with Crippen LogP contribution in [0.2, 0.25) is 0 Å². The monoisotopic (exact) mass is 197 g/mol. The lowest BCUT2D eigenvalue weighted by Gasteiger charge is -2.45. The van der Waals surface area contributed by atoms with Gasteiger partial charge in [-0.2, -0.15) is 0 Å². The molecule has 0 aliphatic carbocycles. The molecule has 2 fully saturated rings. The fourth-order valence-corrected chi connectivity index (χ4v) is 3.39. The average molecular weight is 197 g/mol. The summed E-state index contributed by atoms with van der Waals surface area (Å²) in [5.41, 5.74) is 0. The molecule has 2 saturated heterocycles. The second-order valence-electron chi connectivity index (χ2n) is 5.72. The lowest BCUT2D eigenvalue weighted by molar-refractivity contribution is -0.940. The van der Waals surface area contributed by atoms with Crippen LogP contribution < -0.4 is 0 Å². The van der Waals surface area contributed by atoms with Crippen LogP contribution in [0.3, 0.4) is 0 Å². The Kier molecular flexibility index (Phi) is 2.61. The summed E-state index contributed by atoms with van der Waals surface area (Å²) in [6.07, 6.45) is 1.43. The van der Waals surface area contributed by atoms with Crippen LogP contribution in [-0.2, 0) is 0 Å². The molecule has 2 nitrogen and oxygen atoms in total. The Morgan fingerprint density at radius 1 is 1.14 bits per heavy atom. The number of quaternary nitrogens is 1. The molecule has 0 spiro atoms. The molecule has 0 saturated carbocycles. The van der Waals surface area contributed by atoms with Crippen LogP contribution in [0.1, 0.15) is 34.1 Å². The van der Waals surface area contributed by atoms with Crippen molar-refractivity contribution in [3.05, 3.63) is 0 Å². The third-order valence-corrected chi connectivity index (χ3v) is 4.51. The standard InChI is InChI=1S/C12H25N2/c1-10(2)13-6-8-14(11(3)4)7-5-12(13)9-14/h10-12H,5-9H2,1-4H3/q+1/t12-,14+/m1/s1. The van der Waals surface area contributed by atoms with E-state index in [2.05, 4.69) is 32.6 Å². The Balaban J connectivity index is 2.09. The Morgan fingerprint density at radius 2 is 1.86 bits per heavy atom. The normalized spacial score (nSPS) is 38.6. The van der Waals surface area contributed by atoms with E-state index in [9.17, 15) is 0 Å². The predicted octanol–water partition coefficient (Wildman–Crippen LogP) is 1.71. The number of fused-ring (bicyclic) bond motifs is 2. The van der Waals surface area contributed by atoms with E-state index in [-0.39, 0.29) is 0 Å². The van der Waals surface area contributed by atoms with E-state index in [0.29, 0.717) is 0 Å². The minimum Gasteiger partial charge on any atom is -0.319 e. The number of hydrogen-bond acceptors (Lipinski definition) is 1. The minimum absolute atomic E-state index is 0.743. The second-order valence-corrected chi connectivity index (χ2v) is 5.72. The summed E-state index contributed by atoms with van der Waals surface area (Å²) in [6.45, 7) is 15.0. The van der Waals surface area contributed by atoms with Crippen molar-refractivity contribution in [1.29, 1.82) is 0 Å². The van der Waals surface area contributed by atoms with Crippen molar-refractivity contribution in [3.63, 3.8) is 0 Å². The summed E-state index contributed by atoms with van der Waals surface area (Å²) in [7, 11) is 0. The van der Waals surface area contributed by atoms with E-state index in [4.69, 9.17) is 0 Å². The summed E-state index contributed by atoms with van der Waals surface area (Å²) in [5.74, 6) is 0. The van der Waals surface area contributed by atoms with Crippen molar-refractivity contribution in [2.24, 2.45) is 0 Å². The molecular formula is C12H25N2+. The van der Waals surface area contributed by atoms with Gasteiger partial charge in [0.15, 0.2) is 0 Å². The highest BCUT2D eigenvalue weighted by Gasteiger charge is 2.47. The molecule has 82 valence electrons. The maximum Gasteiger partial charge on any atom is 0.0949 e. The van der Waals surface area contributed by atoms with Crippen molar-refractivity contribution in [3.8, 4) is 0 Å². The van der Waals surface area contributed by atoms with Crippen molar-refractivity contribution in [2.45, 2.75) is 52.2 Å². The zero-order valence-corrected chi connectivity index (χ0v) is 10.2. The van der Waals surface area contributed by atoms with E-state index in [1.165, 1.54) is 37.1 Å². The Morgan fingerprint density at radius 3 is 2.43 bits per heavy atom. The second kappa shape index (κ2) is 3.49. The molecule has 0 amide bonds. The molecule has 2 atom stereocenters. The number of nitrogens with zero attached hydrogens (tertiary/aromatic N) is 2. The zero-order valence-electron chi connectivity index (χ0n) is 10.2. The van der Waals surface area contributed by atoms with Crippen molar-refractivity contribution < 1.29 is 4.48 Å². The van der Waals surface area contributed by atoms with Crippen molar-refractivity contribution in [1.82, 2.24) is 4.90 Å². The van der Waals surface area contributed by atoms with Crippen LogP contribution in [0.4, 0.5) is 0 Å². The van der Waals surface area contributed by atoms with Gasteiger partial charge in [0, 0.05) is 19.0 Å². The molecule has 0 aromatic carbocycles. The van der Waals surface area contributed by atoms with Crippen molar-refractivity contribution >= 4 is 0 Å². The predicted molar refractivity (Wildman–Crippen MR) is 60.2 cm³/mol. The van der Waals surface area contributed by atoms with Gasteiger partial charge in [-0.3, -0.25) is 4.90 Å². The average Bonchev–Trinajstić information content (AvgIpc) is 2.45. The van der Waals surface area contributed by atoms with Crippen molar-refractivity contribution in [2.75, 3.05) is 26.2 Å². The van der Waals surface area contributed by atoms with Gasteiger partial charge in [-0.25, -0.2) is 0 Å². The fraction of sp³-hybridized carbons (Fsp3) is 1.00. The van der Waals surface area contributed by atoms with E-state index in [0.717, 1.165) is 18.1 Å². The quantitative estimate of drug-likeness (QED) is 0.609. The molecule has 2 heterocycles. The Labute approximate surface area is 88.5 Å². The number of piperazine rings is 1. The third kappa shape index (κ3) is 1.49. The Hall–Kier alpha value is -0.0800. The molecule has 2 aliphatic heterocycles. The lowest BCUT2D eigenvalue weighted by atomic mass is 10.1. The molecule has 2 rings (SSSR count). The number of rotatable bonds is 2. The zero-order chi connectivity index (χ0) is 10.3. The summed E-state index contributed by atoms with van der Waals surface area (Å²) in [4.78, 5) is 2.71. The largest absolute Gasteiger partial charge is 0.319 e. The molecule has 0 aromatic rings. The first-order valence-corrected chi connectivity index (χ1v) is 6.17. The highest BCUT2D eigenvalue weighted by atomic mass is 15.5. The maximum absolute atomic E-state index is 2.71. The molecule has 0 aromatic heterocycles. The van der Waals surface area contributed by atoms with E-state index in [1.54, 1.807) is 0 Å². The summed E-state index contributed by atoms with van der Waals surface area (Å²) >= 11 is 0. The molecule has 0 N–H and O–H groups in total. The SMILES string of the molecule is CC(C)N1CC[N@@+]2(C(C)C)CC[C@@H]1C2. The van der Waals surface area contributed by atoms with Crippen LogP contribution in [0.15, 0.2) is 0 Å². The maximum atomic E-state index is 2.71. The molecule has 14 heavy (non-hydrogen) atoms. The minimum atomic E-state index is 0.743. The van der Waals surface area contributed by atoms with Crippen LogP contribution in [0.5, 0.6) is 0 Å². The summed E-state index contributed by atoms with van der Waals surface area (Å²) < 4.78 is 1.40. The first kappa shape index (κ1) is 10.4. The first-order valence-electron chi connectivity index (χ1n) is 6.17. The van der Waals surface area contributed by atoms with Gasteiger partial charge in [0.05, 0.1) is 31.7 Å². The molecule has 2 bridgehead atoms. The van der Waals surface area contributed by atoms with Gasteiger partial charge >= 0.3 is 0 Å². The Bertz CT molecular complexity index is 212. The van der Waals surface area contributed by atoms with Gasteiger partial charge in [0.1, 0.15) is 0 Å². The van der Waals surface area contributed by atoms with Gasteiger partial charge in [-0.15, -0.1) is 0 Å². The summed E-state index contributed by atoms with van der Waals surface area (Å²) in [6, 6.07) is 2.45. The first-order chi connectivity index (χ1) is 6.55. The highest BCUT2D eigenvalue weighted by Crippen LogP contribution is 2.31. The smallest absolute Gasteiger partial charge is 0.0949 e. The van der Waals surface area contributed by atoms with Gasteiger partial charge in [0.25, 0.3) is 0 Å². The van der Waals surface area contributed by atoms with E-state index in [1.807, 2.05) is 0 Å². The molecule has 0 unspecified atom stereocenters. The highest BCUT2D eigenvalue weighted by molar-refractivity contribution is 4.84. The van der Waals surface area contributed by atoms with Gasteiger partial charge in [0.2, 0.25) is 0 Å². The molecule has 2 aliphatic rings. The summed E-state index contributed by atoms with van der Waals surface area (Å²) in [5, 5.41) is 0. The van der Waals surface area contributed by atoms with E-state index >= 15 is 0 Å². The lowest BCUT2D eigenvalue weighted by Crippen LogP contribution is -2.61. The van der Waals surface area contributed by atoms with E-state index < -0.39 is 0 Å². The molecule has 2 heteroatoms. The van der Waals surface area contributed by atoms with Gasteiger partial charge < -0.3 is 4.48 Å².